The van der Waals surface area contributed by atoms with E-state index in [4.69, 9.17) is 5.11 Å². The molecular formula is C13H14N5NaO4S2. The Labute approximate surface area is 174 Å². The van der Waals surface area contributed by atoms with Gasteiger partial charge in [-0.05, 0) is 13.3 Å². The summed E-state index contributed by atoms with van der Waals surface area (Å²) in [5.41, 5.74) is 0.671. The Morgan fingerprint density at radius 1 is 1.48 bits per heavy atom. The second-order valence-electron chi connectivity index (χ2n) is 5.22. The molecular weight excluding hydrogens is 377 g/mol. The third-order valence-electron chi connectivity index (χ3n) is 3.55. The molecule has 0 unspecified atom stereocenters. The van der Waals surface area contributed by atoms with Crippen molar-refractivity contribution in [3.8, 4) is 0 Å². The van der Waals surface area contributed by atoms with Crippen LogP contribution in [-0.2, 0) is 9.59 Å². The van der Waals surface area contributed by atoms with E-state index in [-0.39, 0.29) is 59.1 Å². The van der Waals surface area contributed by atoms with Crippen LogP contribution in [0.3, 0.4) is 0 Å². The third-order valence-corrected chi connectivity index (χ3v) is 6.40. The predicted octanol–water partition coefficient (Wildman–Crippen LogP) is -3.93. The standard InChI is InChI=1S/C13H15N5O4S2.Na/c1-7(16-17-5-14-15-6-17)4-23-13-9(12(21)22)18-10(20)8(2-3-19)11(18)24-13;/h5-6,8,11,19H,2-4H2,1H3,(H,21,22);/q;+1/p-1/t8-,11+;/m0./s1. The Morgan fingerprint density at radius 2 is 2.16 bits per heavy atom. The van der Waals surface area contributed by atoms with Crippen LogP contribution in [0.5, 0.6) is 0 Å². The minimum atomic E-state index is -1.36. The molecule has 2 aliphatic heterocycles. The number of aliphatic hydroxyl groups excluding tert-OH is 1. The number of carbonyl (C=O) groups is 2. The van der Waals surface area contributed by atoms with Gasteiger partial charge in [0.1, 0.15) is 12.7 Å². The molecule has 2 aliphatic rings. The second-order valence-corrected chi connectivity index (χ2v) is 7.60. The van der Waals surface area contributed by atoms with Crippen molar-refractivity contribution in [3.63, 3.8) is 0 Å². The van der Waals surface area contributed by atoms with Crippen molar-refractivity contribution in [1.82, 2.24) is 19.8 Å². The molecule has 12 heteroatoms. The number of carbonyl (C=O) groups excluding carboxylic acids is 2. The average molecular weight is 391 g/mol. The van der Waals surface area contributed by atoms with Crippen LogP contribution in [0.2, 0.25) is 0 Å². The number of thioether (sulfide) groups is 2. The number of carboxylic acid groups (broad SMARTS) is 1. The number of aromatic nitrogens is 3. The molecule has 25 heavy (non-hydrogen) atoms. The molecule has 128 valence electrons. The normalized spacial score (nSPS) is 22.6. The van der Waals surface area contributed by atoms with Crippen LogP contribution < -0.4 is 34.7 Å². The third kappa shape index (κ3) is 4.12. The number of fused-ring (bicyclic) bond motifs is 1. The molecule has 0 aliphatic carbocycles. The maximum absolute atomic E-state index is 12.1. The fourth-order valence-electron chi connectivity index (χ4n) is 2.49. The van der Waals surface area contributed by atoms with Gasteiger partial charge in [0.2, 0.25) is 5.91 Å². The van der Waals surface area contributed by atoms with Gasteiger partial charge in [0, 0.05) is 18.1 Å². The fraction of sp³-hybridized carbons (Fsp3) is 0.462. The second kappa shape index (κ2) is 8.69. The van der Waals surface area contributed by atoms with Crippen molar-refractivity contribution in [3.05, 3.63) is 22.6 Å². The summed E-state index contributed by atoms with van der Waals surface area (Å²) in [4.78, 5) is 24.8. The van der Waals surface area contributed by atoms with E-state index in [1.54, 1.807) is 6.92 Å². The Morgan fingerprint density at radius 3 is 2.76 bits per heavy atom. The van der Waals surface area contributed by atoms with Crippen LogP contribution in [0.15, 0.2) is 27.7 Å². The van der Waals surface area contributed by atoms with Crippen molar-refractivity contribution >= 4 is 41.1 Å². The molecule has 3 rings (SSSR count). The largest absolute Gasteiger partial charge is 1.00 e. The van der Waals surface area contributed by atoms with Crippen molar-refractivity contribution in [2.75, 3.05) is 12.4 Å². The van der Waals surface area contributed by atoms with Crippen LogP contribution in [-0.4, -0.2) is 60.2 Å². The summed E-state index contributed by atoms with van der Waals surface area (Å²) in [6.45, 7) is 1.70. The van der Waals surface area contributed by atoms with Crippen LogP contribution >= 0.6 is 23.5 Å². The van der Waals surface area contributed by atoms with E-state index in [1.807, 2.05) is 0 Å². The Hall–Kier alpha value is -0.850. The summed E-state index contributed by atoms with van der Waals surface area (Å²) in [6, 6.07) is 0. The van der Waals surface area contributed by atoms with E-state index < -0.39 is 5.97 Å². The SMILES string of the molecule is CC(CSC1=C(C(=O)[O-])N2C(=O)[C@H](CCO)[C@H]2S1)=Nn1cnnc1.[Na+]. The topological polar surface area (TPSA) is 124 Å². The van der Waals surface area contributed by atoms with Gasteiger partial charge in [-0.1, -0.05) is 11.8 Å². The predicted molar refractivity (Wildman–Crippen MR) is 86.4 cm³/mol. The van der Waals surface area contributed by atoms with E-state index in [0.717, 1.165) is 5.71 Å². The van der Waals surface area contributed by atoms with Gasteiger partial charge in [-0.2, -0.15) is 5.10 Å². The van der Waals surface area contributed by atoms with Crippen LogP contribution in [0, 0.1) is 5.92 Å². The van der Waals surface area contributed by atoms with Crippen molar-refractivity contribution < 1.29 is 49.4 Å². The Balaban J connectivity index is 0.00000225. The number of aliphatic carboxylic acids is 1. The molecule has 0 spiro atoms. The summed E-state index contributed by atoms with van der Waals surface area (Å²) >= 11 is 2.63. The molecule has 3 heterocycles. The molecule has 2 atom stereocenters. The number of amides is 1. The summed E-state index contributed by atoms with van der Waals surface area (Å²) in [6.07, 6.45) is 3.24. The number of aliphatic hydroxyl groups is 1. The number of nitrogens with zero attached hydrogens (tertiary/aromatic N) is 5. The minimum absolute atomic E-state index is 0. The van der Waals surface area contributed by atoms with Gasteiger partial charge in [-0.3, -0.25) is 9.69 Å². The monoisotopic (exact) mass is 391 g/mol. The summed E-state index contributed by atoms with van der Waals surface area (Å²) in [5, 5.41) is 31.7. The van der Waals surface area contributed by atoms with Crippen LogP contribution in [0.25, 0.3) is 0 Å². The van der Waals surface area contributed by atoms with Gasteiger partial charge < -0.3 is 15.0 Å². The van der Waals surface area contributed by atoms with E-state index in [9.17, 15) is 14.7 Å². The molecule has 0 radical (unpaired) electrons. The number of hydrogen-bond acceptors (Lipinski definition) is 9. The summed E-state index contributed by atoms with van der Waals surface area (Å²) in [7, 11) is 0. The van der Waals surface area contributed by atoms with E-state index in [0.29, 0.717) is 16.4 Å². The molecule has 0 saturated carbocycles. The first-order chi connectivity index (χ1) is 11.5. The van der Waals surface area contributed by atoms with Gasteiger partial charge in [-0.25, -0.2) is 4.68 Å². The zero-order valence-electron chi connectivity index (χ0n) is 13.7. The minimum Gasteiger partial charge on any atom is -0.543 e. The van der Waals surface area contributed by atoms with E-state index in [1.165, 1.54) is 45.8 Å². The molecule has 1 fully saturated rings. The zero-order chi connectivity index (χ0) is 17.3. The van der Waals surface area contributed by atoms with Gasteiger partial charge in [0.25, 0.3) is 0 Å². The maximum atomic E-state index is 12.1. The molecule has 1 aromatic rings. The first-order valence-electron chi connectivity index (χ1n) is 7.11. The number of hydrogen-bond donors (Lipinski definition) is 1. The Kier molecular flexibility index (Phi) is 7.11. The van der Waals surface area contributed by atoms with Crippen molar-refractivity contribution in [2.24, 2.45) is 11.0 Å². The molecule has 1 aromatic heterocycles. The smallest absolute Gasteiger partial charge is 0.543 e. The fourth-order valence-corrected chi connectivity index (χ4v) is 5.20. The van der Waals surface area contributed by atoms with Gasteiger partial charge in [-0.15, -0.1) is 22.0 Å². The van der Waals surface area contributed by atoms with E-state index >= 15 is 0 Å². The zero-order valence-corrected chi connectivity index (χ0v) is 17.3. The molecule has 1 amide bonds. The first kappa shape index (κ1) is 20.5. The molecule has 0 aromatic carbocycles. The Bertz CT molecular complexity index is 724. The maximum Gasteiger partial charge on any atom is 1.00 e. The van der Waals surface area contributed by atoms with E-state index in [2.05, 4.69) is 15.3 Å². The van der Waals surface area contributed by atoms with Gasteiger partial charge in [0.05, 0.1) is 27.2 Å². The molecule has 0 bridgehead atoms. The first-order valence-corrected chi connectivity index (χ1v) is 8.97. The molecule has 1 saturated heterocycles. The summed E-state index contributed by atoms with van der Waals surface area (Å²) in [5.74, 6) is -1.53. The molecule has 1 N–H and O–H groups in total. The van der Waals surface area contributed by atoms with Gasteiger partial charge in [0.15, 0.2) is 0 Å². The van der Waals surface area contributed by atoms with Crippen LogP contribution in [0.1, 0.15) is 13.3 Å². The van der Waals surface area contributed by atoms with Crippen molar-refractivity contribution in [2.45, 2.75) is 18.7 Å². The molecule has 9 nitrogen and oxygen atoms in total. The number of β-lactam (4-membered cyclic amide) rings is 1. The van der Waals surface area contributed by atoms with Crippen molar-refractivity contribution in [1.29, 1.82) is 0 Å². The van der Waals surface area contributed by atoms with Gasteiger partial charge >= 0.3 is 29.6 Å². The summed E-state index contributed by atoms with van der Waals surface area (Å²) < 4.78 is 1.99. The number of carboxylic acids is 1. The average Bonchev–Trinajstić information content (AvgIpc) is 3.16. The van der Waals surface area contributed by atoms with Crippen LogP contribution in [0.4, 0.5) is 0 Å². The quantitative estimate of drug-likeness (QED) is 0.284. The number of rotatable bonds is 7.